The Hall–Kier alpha value is -3.92. The molecule has 1 saturated heterocycles. The van der Waals surface area contributed by atoms with Gasteiger partial charge < -0.3 is 24.6 Å². The number of nitrogens with zero attached hydrogens (tertiary/aromatic N) is 3. The summed E-state index contributed by atoms with van der Waals surface area (Å²) in [6.45, 7) is 12.9. The summed E-state index contributed by atoms with van der Waals surface area (Å²) in [4.78, 5) is 57.2. The van der Waals surface area contributed by atoms with E-state index in [-0.39, 0.29) is 31.1 Å². The highest BCUT2D eigenvalue weighted by molar-refractivity contribution is 6.03. The number of aryl methyl sites for hydroxylation is 1. The van der Waals surface area contributed by atoms with Gasteiger partial charge in [0.2, 0.25) is 11.8 Å². The average molecular weight is 623 g/mol. The molecule has 5 amide bonds. The van der Waals surface area contributed by atoms with E-state index >= 15 is 0 Å². The summed E-state index contributed by atoms with van der Waals surface area (Å²) >= 11 is 0. The number of carbonyl (C=O) groups is 4. The molecule has 1 N–H and O–H groups in total. The molecule has 0 spiro atoms. The summed E-state index contributed by atoms with van der Waals surface area (Å²) in [5.41, 5.74) is 2.11. The van der Waals surface area contributed by atoms with Crippen LogP contribution in [0, 0.1) is 12.3 Å². The van der Waals surface area contributed by atoms with Gasteiger partial charge in [-0.1, -0.05) is 87.4 Å². The molecule has 0 bridgehead atoms. The SMILES string of the molecule is CCC[C@@H](NC(=O)N1C(=O)C(CC)(CC)[C@@H]1OCC(=O)N(CC)CCN(CC)C(=O)OCc1ccccc1)c1ccc(C)cc1. The lowest BCUT2D eigenvalue weighted by molar-refractivity contribution is -0.212. The van der Waals surface area contributed by atoms with Gasteiger partial charge in [0.05, 0.1) is 11.5 Å². The number of nitrogens with one attached hydrogen (secondary N) is 1. The Morgan fingerprint density at radius 2 is 1.53 bits per heavy atom. The Kier molecular flexibility index (Phi) is 13.4. The van der Waals surface area contributed by atoms with Gasteiger partial charge in [0.1, 0.15) is 13.2 Å². The zero-order valence-electron chi connectivity index (χ0n) is 27.7. The number of hydrogen-bond donors (Lipinski definition) is 1. The molecule has 3 rings (SSSR count). The minimum absolute atomic E-state index is 0.172. The average Bonchev–Trinajstić information content (AvgIpc) is 3.05. The fourth-order valence-electron chi connectivity index (χ4n) is 5.73. The number of β-lactam (4-membered cyclic amide) rings is 1. The third kappa shape index (κ3) is 8.63. The standard InChI is InChI=1S/C35H50N4O6/c1-7-15-29(28-20-18-26(6)19-21-28)36-33(42)39-31(41)35(8-2,9-3)32(39)44-25-30(40)37(10-4)22-23-38(11-5)34(43)45-24-27-16-13-12-14-17-27/h12-14,16-21,29,32H,7-11,15,22-25H2,1-6H3,(H,36,42)/t29-,32+/m1/s1. The highest BCUT2D eigenvalue weighted by Gasteiger charge is 2.62. The number of urea groups is 1. The van der Waals surface area contributed by atoms with Crippen LogP contribution in [0.3, 0.4) is 0 Å². The summed E-state index contributed by atoms with van der Waals surface area (Å²) in [5.74, 6) is -0.572. The molecule has 1 aliphatic rings. The van der Waals surface area contributed by atoms with E-state index in [0.717, 1.165) is 28.0 Å². The minimum atomic E-state index is -0.875. The van der Waals surface area contributed by atoms with Gasteiger partial charge in [0.25, 0.3) is 0 Å². The van der Waals surface area contributed by atoms with Crippen molar-refractivity contribution in [2.45, 2.75) is 86.1 Å². The van der Waals surface area contributed by atoms with E-state index in [9.17, 15) is 19.2 Å². The maximum absolute atomic E-state index is 13.5. The molecule has 0 aromatic heterocycles. The van der Waals surface area contributed by atoms with E-state index in [1.165, 1.54) is 0 Å². The van der Waals surface area contributed by atoms with Crippen LogP contribution in [0.5, 0.6) is 0 Å². The number of ether oxygens (including phenoxy) is 2. The molecule has 10 heteroatoms. The second kappa shape index (κ2) is 17.0. The van der Waals surface area contributed by atoms with Gasteiger partial charge in [-0.05, 0) is 51.2 Å². The molecule has 0 aliphatic carbocycles. The number of likely N-dealkylation sites (N-methyl/N-ethyl adjacent to an activating group) is 2. The van der Waals surface area contributed by atoms with E-state index < -0.39 is 23.8 Å². The van der Waals surface area contributed by atoms with Crippen molar-refractivity contribution in [3.63, 3.8) is 0 Å². The summed E-state index contributed by atoms with van der Waals surface area (Å²) < 4.78 is 11.6. The normalized spacial score (nSPS) is 16.0. The maximum Gasteiger partial charge on any atom is 0.410 e. The van der Waals surface area contributed by atoms with Crippen LogP contribution < -0.4 is 5.32 Å². The van der Waals surface area contributed by atoms with Gasteiger partial charge >= 0.3 is 12.1 Å². The number of likely N-dealkylation sites (tertiary alicyclic amines) is 1. The largest absolute Gasteiger partial charge is 0.445 e. The van der Waals surface area contributed by atoms with Crippen molar-refractivity contribution < 1.29 is 28.7 Å². The second-order valence-electron chi connectivity index (χ2n) is 11.5. The molecule has 2 aromatic rings. The van der Waals surface area contributed by atoms with E-state index in [1.807, 2.05) is 96.1 Å². The zero-order valence-corrected chi connectivity index (χ0v) is 27.7. The summed E-state index contributed by atoms with van der Waals surface area (Å²) in [6, 6.07) is 16.7. The van der Waals surface area contributed by atoms with Crippen molar-refractivity contribution in [2.75, 3.05) is 32.8 Å². The first-order valence-electron chi connectivity index (χ1n) is 16.2. The Labute approximate surface area is 268 Å². The number of amides is 5. The smallest absolute Gasteiger partial charge is 0.410 e. The van der Waals surface area contributed by atoms with Crippen molar-refractivity contribution in [3.8, 4) is 0 Å². The predicted octanol–water partition coefficient (Wildman–Crippen LogP) is 6.04. The van der Waals surface area contributed by atoms with Crippen molar-refractivity contribution in [1.82, 2.24) is 20.0 Å². The lowest BCUT2D eigenvalue weighted by atomic mass is 9.72. The Bertz CT molecular complexity index is 1260. The molecule has 2 atom stereocenters. The minimum Gasteiger partial charge on any atom is -0.445 e. The highest BCUT2D eigenvalue weighted by Crippen LogP contribution is 2.46. The summed E-state index contributed by atoms with van der Waals surface area (Å²) in [6.07, 6.45) is 1.22. The van der Waals surface area contributed by atoms with E-state index in [1.54, 1.807) is 9.80 Å². The second-order valence-corrected chi connectivity index (χ2v) is 11.5. The summed E-state index contributed by atoms with van der Waals surface area (Å²) in [5, 5.41) is 3.04. The molecule has 45 heavy (non-hydrogen) atoms. The zero-order chi connectivity index (χ0) is 33.0. The van der Waals surface area contributed by atoms with Crippen LogP contribution in [0.2, 0.25) is 0 Å². The lowest BCUT2D eigenvalue weighted by Crippen LogP contribution is -2.72. The fourth-order valence-corrected chi connectivity index (χ4v) is 5.73. The number of hydrogen-bond acceptors (Lipinski definition) is 6. The van der Waals surface area contributed by atoms with E-state index in [4.69, 9.17) is 9.47 Å². The third-order valence-corrected chi connectivity index (χ3v) is 8.77. The van der Waals surface area contributed by atoms with Gasteiger partial charge in [-0.3, -0.25) is 9.59 Å². The highest BCUT2D eigenvalue weighted by atomic mass is 16.6. The topological polar surface area (TPSA) is 108 Å². The van der Waals surface area contributed by atoms with Crippen LogP contribution in [0.15, 0.2) is 54.6 Å². The lowest BCUT2D eigenvalue weighted by Gasteiger charge is -2.53. The fraction of sp³-hybridized carbons (Fsp3) is 0.543. The van der Waals surface area contributed by atoms with Crippen LogP contribution in [-0.2, 0) is 25.7 Å². The third-order valence-electron chi connectivity index (χ3n) is 8.77. The molecule has 1 heterocycles. The van der Waals surface area contributed by atoms with Gasteiger partial charge in [-0.25, -0.2) is 14.5 Å². The van der Waals surface area contributed by atoms with E-state index in [0.29, 0.717) is 45.4 Å². The van der Waals surface area contributed by atoms with Crippen LogP contribution in [0.4, 0.5) is 9.59 Å². The molecular formula is C35H50N4O6. The van der Waals surface area contributed by atoms with Crippen molar-refractivity contribution in [2.24, 2.45) is 5.41 Å². The van der Waals surface area contributed by atoms with Gasteiger partial charge in [-0.2, -0.15) is 0 Å². The van der Waals surface area contributed by atoms with E-state index in [2.05, 4.69) is 5.32 Å². The number of imide groups is 1. The van der Waals surface area contributed by atoms with Crippen LogP contribution in [0.25, 0.3) is 0 Å². The quantitative estimate of drug-likeness (QED) is 0.229. The molecule has 0 unspecified atom stereocenters. The molecule has 10 nitrogen and oxygen atoms in total. The van der Waals surface area contributed by atoms with Gasteiger partial charge in [-0.15, -0.1) is 0 Å². The van der Waals surface area contributed by atoms with Crippen LogP contribution >= 0.6 is 0 Å². The number of benzene rings is 2. The molecule has 1 aliphatic heterocycles. The first kappa shape index (κ1) is 35.6. The van der Waals surface area contributed by atoms with Crippen LogP contribution in [0.1, 0.15) is 83.0 Å². The molecule has 1 fully saturated rings. The maximum atomic E-state index is 13.5. The van der Waals surface area contributed by atoms with Crippen molar-refractivity contribution in [3.05, 3.63) is 71.3 Å². The Morgan fingerprint density at radius 3 is 2.11 bits per heavy atom. The predicted molar refractivity (Wildman–Crippen MR) is 173 cm³/mol. The monoisotopic (exact) mass is 622 g/mol. The molecular weight excluding hydrogens is 572 g/mol. The van der Waals surface area contributed by atoms with Gasteiger partial charge in [0, 0.05) is 26.2 Å². The number of rotatable bonds is 16. The Morgan fingerprint density at radius 1 is 0.911 bits per heavy atom. The summed E-state index contributed by atoms with van der Waals surface area (Å²) in [7, 11) is 0. The van der Waals surface area contributed by atoms with Gasteiger partial charge in [0.15, 0.2) is 6.23 Å². The molecule has 2 aromatic carbocycles. The molecule has 246 valence electrons. The Balaban J connectivity index is 1.62. The van der Waals surface area contributed by atoms with Crippen LogP contribution in [-0.4, -0.2) is 77.7 Å². The van der Waals surface area contributed by atoms with Crippen molar-refractivity contribution >= 4 is 23.9 Å². The van der Waals surface area contributed by atoms with Crippen molar-refractivity contribution in [1.29, 1.82) is 0 Å². The molecule has 0 radical (unpaired) electrons. The molecule has 0 saturated carbocycles. The number of carbonyl (C=O) groups excluding carboxylic acids is 4. The first-order valence-corrected chi connectivity index (χ1v) is 16.2. The first-order chi connectivity index (χ1) is 21.6.